The Morgan fingerprint density at radius 2 is 2.24 bits per heavy atom. The number of halogens is 1. The molecule has 0 aliphatic carbocycles. The van der Waals surface area contributed by atoms with Crippen LogP contribution in [0.2, 0.25) is 0 Å². The molecule has 21 heavy (non-hydrogen) atoms. The lowest BCUT2D eigenvalue weighted by Crippen LogP contribution is -2.14. The molecule has 10 heteroatoms. The van der Waals surface area contributed by atoms with Crippen LogP contribution in [0.25, 0.3) is 5.69 Å². The first-order chi connectivity index (χ1) is 10.1. The van der Waals surface area contributed by atoms with Crippen LogP contribution in [0.5, 0.6) is 0 Å². The average Bonchev–Trinajstić information content (AvgIpc) is 3.10. The summed E-state index contributed by atoms with van der Waals surface area (Å²) < 4.78 is 19.6. The SMILES string of the molecule is Nc1nonc1C(=O)Nc1ccc(-n2cncn2)c(F)c1. The van der Waals surface area contributed by atoms with Gasteiger partial charge in [-0.3, -0.25) is 4.79 Å². The van der Waals surface area contributed by atoms with E-state index in [0.29, 0.717) is 0 Å². The first kappa shape index (κ1) is 12.7. The van der Waals surface area contributed by atoms with Gasteiger partial charge in [-0.15, -0.1) is 0 Å². The zero-order chi connectivity index (χ0) is 14.8. The minimum atomic E-state index is -0.651. The quantitative estimate of drug-likeness (QED) is 0.724. The van der Waals surface area contributed by atoms with Crippen LogP contribution in [0.1, 0.15) is 10.5 Å². The Bertz CT molecular complexity index is 784. The highest BCUT2D eigenvalue weighted by Crippen LogP contribution is 2.18. The summed E-state index contributed by atoms with van der Waals surface area (Å²) in [5, 5.41) is 12.9. The molecule has 0 saturated heterocycles. The van der Waals surface area contributed by atoms with Gasteiger partial charge in [0.05, 0.1) is 0 Å². The molecule has 0 bridgehead atoms. The highest BCUT2D eigenvalue weighted by atomic mass is 19.1. The molecule has 0 atom stereocenters. The van der Waals surface area contributed by atoms with Gasteiger partial charge >= 0.3 is 0 Å². The van der Waals surface area contributed by atoms with Crippen molar-refractivity contribution in [1.82, 2.24) is 25.1 Å². The topological polar surface area (TPSA) is 125 Å². The smallest absolute Gasteiger partial charge is 0.281 e. The van der Waals surface area contributed by atoms with E-state index in [2.05, 4.69) is 30.3 Å². The fourth-order valence-electron chi connectivity index (χ4n) is 1.65. The second kappa shape index (κ2) is 5.00. The monoisotopic (exact) mass is 289 g/mol. The van der Waals surface area contributed by atoms with Crippen molar-refractivity contribution >= 4 is 17.4 Å². The molecule has 2 aromatic heterocycles. The summed E-state index contributed by atoms with van der Waals surface area (Å²) in [5.41, 5.74) is 5.65. The molecule has 3 rings (SSSR count). The molecular weight excluding hydrogens is 281 g/mol. The first-order valence-electron chi connectivity index (χ1n) is 5.69. The second-order valence-electron chi connectivity index (χ2n) is 3.96. The maximum atomic E-state index is 14.0. The molecule has 106 valence electrons. The zero-order valence-electron chi connectivity index (χ0n) is 10.4. The number of nitrogens with zero attached hydrogens (tertiary/aromatic N) is 5. The van der Waals surface area contributed by atoms with Gasteiger partial charge in [-0.05, 0) is 28.5 Å². The molecular formula is C11H8FN7O2. The number of hydrogen-bond acceptors (Lipinski definition) is 7. The fourth-order valence-corrected chi connectivity index (χ4v) is 1.65. The van der Waals surface area contributed by atoms with Gasteiger partial charge in [0.25, 0.3) is 5.91 Å². The van der Waals surface area contributed by atoms with Gasteiger partial charge < -0.3 is 11.1 Å². The number of carbonyl (C=O) groups is 1. The van der Waals surface area contributed by atoms with Gasteiger partial charge in [0, 0.05) is 5.69 Å². The Labute approximate surface area is 116 Å². The van der Waals surface area contributed by atoms with Crippen LogP contribution in [0.4, 0.5) is 15.9 Å². The van der Waals surface area contributed by atoms with Crippen LogP contribution >= 0.6 is 0 Å². The van der Waals surface area contributed by atoms with Crippen LogP contribution in [0.15, 0.2) is 35.5 Å². The van der Waals surface area contributed by atoms with Gasteiger partial charge in [-0.1, -0.05) is 0 Å². The summed E-state index contributed by atoms with van der Waals surface area (Å²) in [6.07, 6.45) is 2.65. The van der Waals surface area contributed by atoms with E-state index >= 15 is 0 Å². The highest BCUT2D eigenvalue weighted by Gasteiger charge is 2.16. The van der Waals surface area contributed by atoms with Gasteiger partial charge in [0.15, 0.2) is 5.82 Å². The molecule has 0 unspecified atom stereocenters. The number of amides is 1. The highest BCUT2D eigenvalue weighted by molar-refractivity contribution is 6.05. The summed E-state index contributed by atoms with van der Waals surface area (Å²) in [4.78, 5) is 15.5. The lowest BCUT2D eigenvalue weighted by atomic mass is 10.2. The van der Waals surface area contributed by atoms with Crippen molar-refractivity contribution in [3.05, 3.63) is 42.4 Å². The number of nitrogens with two attached hydrogens (primary N) is 1. The largest absolute Gasteiger partial charge is 0.379 e. The van der Waals surface area contributed by atoms with E-state index in [0.717, 1.165) is 6.07 Å². The third-order valence-corrected chi connectivity index (χ3v) is 2.60. The van der Waals surface area contributed by atoms with Crippen molar-refractivity contribution in [2.24, 2.45) is 0 Å². The average molecular weight is 289 g/mol. The molecule has 0 saturated carbocycles. The van der Waals surface area contributed by atoms with E-state index in [4.69, 9.17) is 5.73 Å². The normalized spacial score (nSPS) is 10.5. The maximum Gasteiger partial charge on any atom is 0.281 e. The summed E-state index contributed by atoms with van der Waals surface area (Å²) in [6.45, 7) is 0. The number of carbonyl (C=O) groups excluding carboxylic acids is 1. The Morgan fingerprint density at radius 3 is 2.86 bits per heavy atom. The van der Waals surface area contributed by atoms with E-state index in [-0.39, 0.29) is 22.9 Å². The molecule has 0 radical (unpaired) electrons. The summed E-state index contributed by atoms with van der Waals surface area (Å²) in [6, 6.07) is 4.09. The molecule has 0 aliphatic rings. The number of benzene rings is 1. The third-order valence-electron chi connectivity index (χ3n) is 2.60. The molecule has 3 N–H and O–H groups in total. The third kappa shape index (κ3) is 2.41. The molecule has 0 fully saturated rings. The minimum Gasteiger partial charge on any atom is -0.379 e. The van der Waals surface area contributed by atoms with Gasteiger partial charge in [0.2, 0.25) is 11.5 Å². The minimum absolute atomic E-state index is 0.146. The summed E-state index contributed by atoms with van der Waals surface area (Å²) >= 11 is 0. The zero-order valence-corrected chi connectivity index (χ0v) is 10.4. The number of nitrogen functional groups attached to an aromatic ring is 1. The van der Waals surface area contributed by atoms with Crippen molar-refractivity contribution in [1.29, 1.82) is 0 Å². The van der Waals surface area contributed by atoms with Crippen LogP contribution < -0.4 is 11.1 Å². The fraction of sp³-hybridized carbons (Fsp3) is 0. The number of aromatic nitrogens is 5. The lowest BCUT2D eigenvalue weighted by Gasteiger charge is -2.06. The number of hydrogen-bond donors (Lipinski definition) is 2. The summed E-state index contributed by atoms with van der Waals surface area (Å²) in [5.74, 6) is -1.38. The van der Waals surface area contributed by atoms with Crippen molar-refractivity contribution in [2.45, 2.75) is 0 Å². The lowest BCUT2D eigenvalue weighted by molar-refractivity contribution is 0.101. The first-order valence-corrected chi connectivity index (χ1v) is 5.69. The van der Waals surface area contributed by atoms with Crippen molar-refractivity contribution in [2.75, 3.05) is 11.1 Å². The Morgan fingerprint density at radius 1 is 1.38 bits per heavy atom. The Hall–Kier alpha value is -3.30. The number of rotatable bonds is 3. The van der Waals surface area contributed by atoms with E-state index in [9.17, 15) is 9.18 Å². The molecule has 0 spiro atoms. The molecule has 9 nitrogen and oxygen atoms in total. The van der Waals surface area contributed by atoms with Crippen LogP contribution in [-0.2, 0) is 0 Å². The number of anilines is 2. The Balaban J connectivity index is 1.83. The van der Waals surface area contributed by atoms with E-state index in [1.165, 1.54) is 29.5 Å². The second-order valence-corrected chi connectivity index (χ2v) is 3.96. The van der Waals surface area contributed by atoms with E-state index < -0.39 is 11.7 Å². The van der Waals surface area contributed by atoms with Crippen molar-refractivity contribution in [3.8, 4) is 5.69 Å². The molecule has 1 amide bonds. The predicted octanol–water partition coefficient (Wildman–Crippen LogP) is 0.624. The molecule has 1 aromatic carbocycles. The van der Waals surface area contributed by atoms with E-state index in [1.54, 1.807) is 0 Å². The standard InChI is InChI=1S/C11H8FN7O2/c12-7-3-6(1-2-8(7)19-5-14-4-15-19)16-11(20)9-10(13)18-21-17-9/h1-5H,(H2,13,18)(H,16,20). The van der Waals surface area contributed by atoms with Crippen LogP contribution in [0, 0.1) is 5.82 Å². The van der Waals surface area contributed by atoms with Crippen molar-refractivity contribution < 1.29 is 13.8 Å². The van der Waals surface area contributed by atoms with Gasteiger partial charge in [0.1, 0.15) is 18.3 Å². The predicted molar refractivity (Wildman–Crippen MR) is 68.0 cm³/mol. The molecule has 0 aliphatic heterocycles. The van der Waals surface area contributed by atoms with E-state index in [1.807, 2.05) is 0 Å². The Kier molecular flexibility index (Phi) is 3.03. The van der Waals surface area contributed by atoms with Crippen LogP contribution in [0.3, 0.4) is 0 Å². The summed E-state index contributed by atoms with van der Waals surface area (Å²) in [7, 11) is 0. The van der Waals surface area contributed by atoms with Gasteiger partial charge in [-0.25, -0.2) is 18.7 Å². The number of nitrogens with one attached hydrogen (secondary N) is 1. The van der Waals surface area contributed by atoms with Crippen molar-refractivity contribution in [3.63, 3.8) is 0 Å². The van der Waals surface area contributed by atoms with Crippen LogP contribution in [-0.4, -0.2) is 31.0 Å². The maximum absolute atomic E-state index is 14.0. The van der Waals surface area contributed by atoms with Gasteiger partial charge in [-0.2, -0.15) is 5.10 Å². The molecule has 3 aromatic rings. The molecule has 2 heterocycles.